The molecule has 5 heteroatoms. The number of benzene rings is 2. The summed E-state index contributed by atoms with van der Waals surface area (Å²) in [4.78, 5) is 0. The zero-order valence-electron chi connectivity index (χ0n) is 11.5. The van der Waals surface area contributed by atoms with E-state index in [1.807, 2.05) is 6.92 Å². The Bertz CT molecular complexity index is 611. The molecule has 1 N–H and O–H groups in total. The van der Waals surface area contributed by atoms with Crippen molar-refractivity contribution in [2.45, 2.75) is 19.4 Å². The lowest BCUT2D eigenvalue weighted by molar-refractivity contribution is 0.528. The summed E-state index contributed by atoms with van der Waals surface area (Å²) in [7, 11) is 0. The molecule has 0 fully saturated rings. The third kappa shape index (κ3) is 4.22. The Labute approximate surface area is 126 Å². The van der Waals surface area contributed by atoms with Crippen LogP contribution in [0.15, 0.2) is 36.4 Å². The fraction of sp³-hybridized carbons (Fsp3) is 0.250. The maximum Gasteiger partial charge on any atom is 0.141 e. The minimum Gasteiger partial charge on any atom is -0.310 e. The first-order valence-electron chi connectivity index (χ1n) is 6.63. The van der Waals surface area contributed by atoms with Gasteiger partial charge in [-0.25, -0.2) is 13.2 Å². The van der Waals surface area contributed by atoms with Gasteiger partial charge in [0.15, 0.2) is 0 Å². The van der Waals surface area contributed by atoms with Gasteiger partial charge in [-0.15, -0.1) is 0 Å². The fourth-order valence-electron chi connectivity index (χ4n) is 2.23. The van der Waals surface area contributed by atoms with E-state index in [4.69, 9.17) is 11.6 Å². The Morgan fingerprint density at radius 1 is 1.05 bits per heavy atom. The molecule has 0 spiro atoms. The summed E-state index contributed by atoms with van der Waals surface area (Å²) in [6.07, 6.45) is 0.455. The van der Waals surface area contributed by atoms with E-state index in [2.05, 4.69) is 5.32 Å². The van der Waals surface area contributed by atoms with Crippen LogP contribution in [0.2, 0.25) is 5.02 Å². The molecule has 0 saturated carbocycles. The molecular formula is C16H15ClF3N. The highest BCUT2D eigenvalue weighted by Gasteiger charge is 2.14. The quantitative estimate of drug-likeness (QED) is 0.847. The summed E-state index contributed by atoms with van der Waals surface area (Å²) >= 11 is 5.76. The number of halogens is 4. The van der Waals surface area contributed by atoms with Gasteiger partial charge in [0.2, 0.25) is 0 Å². The molecule has 2 aromatic carbocycles. The van der Waals surface area contributed by atoms with Crippen LogP contribution in [0.1, 0.15) is 24.1 Å². The smallest absolute Gasteiger partial charge is 0.141 e. The Morgan fingerprint density at radius 2 is 1.71 bits per heavy atom. The first kappa shape index (κ1) is 15.9. The van der Waals surface area contributed by atoms with Crippen LogP contribution in [0.5, 0.6) is 0 Å². The van der Waals surface area contributed by atoms with Crippen LogP contribution in [-0.4, -0.2) is 6.54 Å². The number of likely N-dealkylation sites (N-methyl/N-ethyl adjacent to an activating group) is 1. The first-order chi connectivity index (χ1) is 9.99. The zero-order chi connectivity index (χ0) is 15.4. The van der Waals surface area contributed by atoms with E-state index in [0.717, 1.165) is 11.6 Å². The van der Waals surface area contributed by atoms with Gasteiger partial charge in [0.05, 0.1) is 5.02 Å². The highest BCUT2D eigenvalue weighted by Crippen LogP contribution is 2.23. The third-order valence-electron chi connectivity index (χ3n) is 3.16. The van der Waals surface area contributed by atoms with Gasteiger partial charge in [0.1, 0.15) is 17.5 Å². The maximum atomic E-state index is 13.3. The molecule has 0 heterocycles. The van der Waals surface area contributed by atoms with Crippen LogP contribution in [0.25, 0.3) is 0 Å². The van der Waals surface area contributed by atoms with Crippen LogP contribution < -0.4 is 5.32 Å². The van der Waals surface area contributed by atoms with Crippen LogP contribution in [0.4, 0.5) is 13.2 Å². The molecule has 2 rings (SSSR count). The summed E-state index contributed by atoms with van der Waals surface area (Å²) in [6, 6.07) is 7.57. The van der Waals surface area contributed by atoms with Crippen molar-refractivity contribution in [3.05, 3.63) is 70.0 Å². The normalized spacial score (nSPS) is 12.4. The SMILES string of the molecule is CCNC(Cc1ccc(F)c(Cl)c1)c1cc(F)cc(F)c1. The molecule has 0 saturated heterocycles. The molecule has 112 valence electrons. The average Bonchev–Trinajstić information content (AvgIpc) is 2.41. The molecule has 0 bridgehead atoms. The Hall–Kier alpha value is -1.52. The van der Waals surface area contributed by atoms with Crippen molar-refractivity contribution in [3.8, 4) is 0 Å². The van der Waals surface area contributed by atoms with Crippen LogP contribution in [-0.2, 0) is 6.42 Å². The highest BCUT2D eigenvalue weighted by molar-refractivity contribution is 6.30. The number of hydrogen-bond donors (Lipinski definition) is 1. The monoisotopic (exact) mass is 313 g/mol. The van der Waals surface area contributed by atoms with Crippen molar-refractivity contribution in [2.24, 2.45) is 0 Å². The summed E-state index contributed by atoms with van der Waals surface area (Å²) in [5, 5.41) is 3.20. The lowest BCUT2D eigenvalue weighted by Gasteiger charge is -2.19. The van der Waals surface area contributed by atoms with Crippen molar-refractivity contribution in [1.82, 2.24) is 5.32 Å². The molecule has 0 radical (unpaired) electrons. The molecular weight excluding hydrogens is 299 g/mol. The summed E-state index contributed by atoms with van der Waals surface area (Å²) in [6.45, 7) is 2.54. The number of hydrogen-bond acceptors (Lipinski definition) is 1. The Morgan fingerprint density at radius 3 is 2.29 bits per heavy atom. The van der Waals surface area contributed by atoms with Gasteiger partial charge in [-0.3, -0.25) is 0 Å². The second-order valence-corrected chi connectivity index (χ2v) is 5.17. The van der Waals surface area contributed by atoms with Gasteiger partial charge < -0.3 is 5.32 Å². The second kappa shape index (κ2) is 6.96. The topological polar surface area (TPSA) is 12.0 Å². The predicted molar refractivity (Wildman–Crippen MR) is 77.9 cm³/mol. The van der Waals surface area contributed by atoms with E-state index >= 15 is 0 Å². The van der Waals surface area contributed by atoms with Gasteiger partial charge in [0.25, 0.3) is 0 Å². The van der Waals surface area contributed by atoms with E-state index in [-0.39, 0.29) is 11.1 Å². The number of nitrogens with one attached hydrogen (secondary N) is 1. The van der Waals surface area contributed by atoms with Crippen LogP contribution in [0, 0.1) is 17.5 Å². The molecule has 0 aliphatic heterocycles. The summed E-state index contributed by atoms with van der Waals surface area (Å²) < 4.78 is 39.9. The van der Waals surface area contributed by atoms with Crippen molar-refractivity contribution in [2.75, 3.05) is 6.54 Å². The van der Waals surface area contributed by atoms with Crippen molar-refractivity contribution >= 4 is 11.6 Å². The van der Waals surface area contributed by atoms with Crippen LogP contribution in [0.3, 0.4) is 0 Å². The van der Waals surface area contributed by atoms with Gasteiger partial charge in [-0.1, -0.05) is 24.6 Å². The average molecular weight is 314 g/mol. The standard InChI is InChI=1S/C16H15ClF3N/c1-2-21-16(11-7-12(18)9-13(19)8-11)6-10-3-4-15(20)14(17)5-10/h3-5,7-9,16,21H,2,6H2,1H3. The van der Waals surface area contributed by atoms with Gasteiger partial charge >= 0.3 is 0 Å². The van der Waals surface area contributed by atoms with E-state index in [1.165, 1.54) is 24.3 Å². The largest absolute Gasteiger partial charge is 0.310 e. The highest BCUT2D eigenvalue weighted by atomic mass is 35.5. The lowest BCUT2D eigenvalue weighted by Crippen LogP contribution is -2.23. The summed E-state index contributed by atoms with van der Waals surface area (Å²) in [5.74, 6) is -1.73. The van der Waals surface area contributed by atoms with Crippen LogP contribution >= 0.6 is 11.6 Å². The molecule has 1 nitrogen and oxygen atoms in total. The van der Waals surface area contributed by atoms with Crippen molar-refractivity contribution < 1.29 is 13.2 Å². The molecule has 1 atom stereocenters. The van der Waals surface area contributed by atoms with Gasteiger partial charge in [-0.2, -0.15) is 0 Å². The Kier molecular flexibility index (Phi) is 5.26. The van der Waals surface area contributed by atoms with E-state index in [0.29, 0.717) is 18.5 Å². The van der Waals surface area contributed by atoms with E-state index in [1.54, 1.807) is 6.07 Å². The lowest BCUT2D eigenvalue weighted by atomic mass is 9.98. The predicted octanol–water partition coefficient (Wildman–Crippen LogP) is 4.65. The molecule has 0 amide bonds. The van der Waals surface area contributed by atoms with Crippen molar-refractivity contribution in [3.63, 3.8) is 0 Å². The maximum absolute atomic E-state index is 13.3. The van der Waals surface area contributed by atoms with Gasteiger partial charge in [0, 0.05) is 12.1 Å². The second-order valence-electron chi connectivity index (χ2n) is 4.77. The first-order valence-corrected chi connectivity index (χ1v) is 7.00. The molecule has 21 heavy (non-hydrogen) atoms. The third-order valence-corrected chi connectivity index (χ3v) is 3.45. The number of rotatable bonds is 5. The molecule has 0 aromatic heterocycles. The molecule has 0 aliphatic rings. The Balaban J connectivity index is 2.27. The molecule has 0 aliphatic carbocycles. The summed E-state index contributed by atoms with van der Waals surface area (Å²) in [5.41, 5.74) is 1.30. The molecule has 2 aromatic rings. The zero-order valence-corrected chi connectivity index (χ0v) is 12.2. The van der Waals surface area contributed by atoms with Gasteiger partial charge in [-0.05, 0) is 48.4 Å². The fourth-order valence-corrected chi connectivity index (χ4v) is 2.44. The van der Waals surface area contributed by atoms with E-state index in [9.17, 15) is 13.2 Å². The minimum atomic E-state index is -0.620. The minimum absolute atomic E-state index is 0.0353. The molecule has 1 unspecified atom stereocenters. The van der Waals surface area contributed by atoms with E-state index < -0.39 is 17.5 Å². The van der Waals surface area contributed by atoms with Crippen molar-refractivity contribution in [1.29, 1.82) is 0 Å².